The van der Waals surface area contributed by atoms with Crippen LogP contribution < -0.4 is 4.74 Å². The van der Waals surface area contributed by atoms with Gasteiger partial charge in [0.05, 0.1) is 11.1 Å². The van der Waals surface area contributed by atoms with Crippen LogP contribution in [-0.2, 0) is 4.79 Å². The van der Waals surface area contributed by atoms with Crippen LogP contribution in [0.5, 0.6) is 17.2 Å². The highest BCUT2D eigenvalue weighted by atomic mass is 16.5. The van der Waals surface area contributed by atoms with E-state index in [1.54, 1.807) is 37.3 Å². The zero-order valence-electron chi connectivity index (χ0n) is 11.8. The van der Waals surface area contributed by atoms with Crippen molar-refractivity contribution in [2.24, 2.45) is 0 Å². The molecule has 0 aromatic heterocycles. The molecule has 2 rings (SSSR count). The molecule has 5 nitrogen and oxygen atoms in total. The van der Waals surface area contributed by atoms with Crippen molar-refractivity contribution >= 4 is 11.5 Å². The van der Waals surface area contributed by atoms with Crippen molar-refractivity contribution in [1.82, 2.24) is 0 Å². The van der Waals surface area contributed by atoms with Crippen LogP contribution in [0.4, 0.5) is 0 Å². The van der Waals surface area contributed by atoms with E-state index < -0.39 is 5.97 Å². The number of rotatable bonds is 4. The average molecular weight is 295 g/mol. The third-order valence-electron chi connectivity index (χ3n) is 3.04. The molecule has 0 saturated carbocycles. The van der Waals surface area contributed by atoms with Gasteiger partial charge >= 0.3 is 5.97 Å². The molecule has 0 amide bonds. The molecule has 0 saturated heterocycles. The second kappa shape index (κ2) is 6.46. The number of allylic oxidation sites excluding steroid dienone is 1. The summed E-state index contributed by atoms with van der Waals surface area (Å²) in [5.74, 6) is -0.985. The van der Waals surface area contributed by atoms with Gasteiger partial charge in [0, 0.05) is 5.56 Å². The molecule has 5 heteroatoms. The van der Waals surface area contributed by atoms with Crippen molar-refractivity contribution in [3.05, 3.63) is 59.7 Å². The lowest BCUT2D eigenvalue weighted by atomic mass is 10.0. The summed E-state index contributed by atoms with van der Waals surface area (Å²) >= 11 is 0. The number of phenols is 1. The predicted octanol–water partition coefficient (Wildman–Crippen LogP) is 3.54. The second-order valence-corrected chi connectivity index (χ2v) is 4.37. The Morgan fingerprint density at radius 3 is 2.50 bits per heavy atom. The monoisotopic (exact) mass is 295 g/mol. The highest BCUT2D eigenvalue weighted by molar-refractivity contribution is 6.16. The number of hydrogen-bond donors (Lipinski definition) is 2. The van der Waals surface area contributed by atoms with Gasteiger partial charge in [-0.3, -0.25) is 0 Å². The molecule has 0 heterocycles. The molecular weight excluding hydrogens is 282 g/mol. The summed E-state index contributed by atoms with van der Waals surface area (Å²) in [6.07, 6.45) is 1.47. The molecule has 0 unspecified atom stereocenters. The number of phenolic OH excluding ortho intramolecular Hbond substituents is 1. The topological polar surface area (TPSA) is 90.5 Å². The van der Waals surface area contributed by atoms with Crippen LogP contribution >= 0.6 is 0 Å². The third kappa shape index (κ3) is 2.91. The number of aromatic hydroxyl groups is 1. The lowest BCUT2D eigenvalue weighted by Gasteiger charge is -2.12. The molecule has 0 aliphatic heterocycles. The summed E-state index contributed by atoms with van der Waals surface area (Å²) in [6, 6.07) is 13.0. The van der Waals surface area contributed by atoms with E-state index in [1.165, 1.54) is 18.2 Å². The minimum absolute atomic E-state index is 0.0828. The van der Waals surface area contributed by atoms with Crippen LogP contribution in [0, 0.1) is 11.3 Å². The third-order valence-corrected chi connectivity index (χ3v) is 3.04. The summed E-state index contributed by atoms with van der Waals surface area (Å²) < 4.78 is 5.61. The molecule has 0 fully saturated rings. The summed E-state index contributed by atoms with van der Waals surface area (Å²) in [5, 5.41) is 28.1. The average Bonchev–Trinajstić information content (AvgIpc) is 2.51. The van der Waals surface area contributed by atoms with Crippen LogP contribution in [0.25, 0.3) is 5.57 Å². The predicted molar refractivity (Wildman–Crippen MR) is 80.6 cm³/mol. The zero-order valence-corrected chi connectivity index (χ0v) is 11.8. The van der Waals surface area contributed by atoms with Crippen molar-refractivity contribution < 1.29 is 19.7 Å². The molecule has 0 radical (unpaired) electrons. The largest absolute Gasteiger partial charge is 0.503 e. The Hall–Kier alpha value is -3.26. The number of carbonyl (C=O) groups is 1. The van der Waals surface area contributed by atoms with E-state index in [0.29, 0.717) is 5.56 Å². The maximum absolute atomic E-state index is 11.3. The number of para-hydroxylation sites is 2. The van der Waals surface area contributed by atoms with E-state index in [4.69, 9.17) is 10.00 Å². The van der Waals surface area contributed by atoms with Crippen LogP contribution in [-0.4, -0.2) is 16.2 Å². The van der Waals surface area contributed by atoms with E-state index in [9.17, 15) is 15.0 Å². The van der Waals surface area contributed by atoms with Crippen LogP contribution in [0.15, 0.2) is 48.5 Å². The van der Waals surface area contributed by atoms with E-state index >= 15 is 0 Å². The van der Waals surface area contributed by atoms with E-state index in [0.717, 1.165) is 0 Å². The fourth-order valence-corrected chi connectivity index (χ4v) is 1.99. The van der Waals surface area contributed by atoms with Crippen LogP contribution in [0.3, 0.4) is 0 Å². The van der Waals surface area contributed by atoms with Crippen molar-refractivity contribution in [2.45, 2.75) is 6.92 Å². The van der Waals surface area contributed by atoms with Gasteiger partial charge in [-0.1, -0.05) is 30.3 Å². The van der Waals surface area contributed by atoms with Gasteiger partial charge in [-0.2, -0.15) is 5.26 Å². The Balaban J connectivity index is 2.48. The number of carboxylic acids is 1. The summed E-state index contributed by atoms with van der Waals surface area (Å²) in [7, 11) is 0. The Kier molecular flexibility index (Phi) is 4.44. The lowest BCUT2D eigenvalue weighted by Crippen LogP contribution is -2.01. The number of benzene rings is 2. The number of aliphatic carboxylic acids is 1. The van der Waals surface area contributed by atoms with E-state index in [-0.39, 0.29) is 28.4 Å². The molecule has 0 bridgehead atoms. The van der Waals surface area contributed by atoms with Gasteiger partial charge in [0.15, 0.2) is 11.5 Å². The van der Waals surface area contributed by atoms with Crippen molar-refractivity contribution in [3.63, 3.8) is 0 Å². The van der Waals surface area contributed by atoms with Gasteiger partial charge in [0.1, 0.15) is 11.8 Å². The number of ether oxygens (including phenoxy) is 1. The molecule has 0 aliphatic rings. The van der Waals surface area contributed by atoms with E-state index in [1.807, 2.05) is 6.07 Å². The maximum Gasteiger partial charge on any atom is 0.336 e. The van der Waals surface area contributed by atoms with Gasteiger partial charge in [0.2, 0.25) is 0 Å². The van der Waals surface area contributed by atoms with Gasteiger partial charge in [-0.05, 0) is 25.1 Å². The first-order valence-electron chi connectivity index (χ1n) is 6.47. The Bertz CT molecular complexity index is 787. The second-order valence-electron chi connectivity index (χ2n) is 4.37. The minimum atomic E-state index is -1.08. The molecule has 22 heavy (non-hydrogen) atoms. The lowest BCUT2D eigenvalue weighted by molar-refractivity contribution is -0.130. The fraction of sp³-hybridized carbons (Fsp3) is 0.0588. The van der Waals surface area contributed by atoms with Gasteiger partial charge in [0.25, 0.3) is 0 Å². The quantitative estimate of drug-likeness (QED) is 0.842. The summed E-state index contributed by atoms with van der Waals surface area (Å²) in [4.78, 5) is 11.3. The first kappa shape index (κ1) is 15.1. The highest BCUT2D eigenvalue weighted by Crippen LogP contribution is 2.36. The molecular formula is C17H13NO4. The molecule has 0 aliphatic carbocycles. The maximum atomic E-state index is 11.3. The smallest absolute Gasteiger partial charge is 0.336 e. The molecule has 0 spiro atoms. The standard InChI is InChI=1S/C17H13NO4/c1-2-12(17(20)21)13-7-3-4-8-14(13)22-15-9-5-6-11(10-18)16(15)19/h2-9,19H,1H3,(H,20,21)/b12-2+. The SMILES string of the molecule is C/C=C(/C(=O)O)c1ccccc1Oc1cccc(C#N)c1O. The Morgan fingerprint density at radius 2 is 1.86 bits per heavy atom. The first-order chi connectivity index (χ1) is 10.6. The van der Waals surface area contributed by atoms with Crippen molar-refractivity contribution in [1.29, 1.82) is 5.26 Å². The molecule has 0 atom stereocenters. The van der Waals surface area contributed by atoms with Crippen molar-refractivity contribution in [3.8, 4) is 23.3 Å². The number of nitrogens with zero attached hydrogens (tertiary/aromatic N) is 1. The molecule has 2 aromatic carbocycles. The molecule has 2 aromatic rings. The normalized spacial score (nSPS) is 10.8. The van der Waals surface area contributed by atoms with E-state index in [2.05, 4.69) is 0 Å². The molecule has 110 valence electrons. The number of hydrogen-bond acceptors (Lipinski definition) is 4. The van der Waals surface area contributed by atoms with Gasteiger partial charge < -0.3 is 14.9 Å². The summed E-state index contributed by atoms with van der Waals surface area (Å²) in [5.41, 5.74) is 0.560. The van der Waals surface area contributed by atoms with Crippen LogP contribution in [0.2, 0.25) is 0 Å². The fourth-order valence-electron chi connectivity index (χ4n) is 1.99. The van der Waals surface area contributed by atoms with Gasteiger partial charge in [-0.15, -0.1) is 0 Å². The number of carboxylic acid groups (broad SMARTS) is 1. The Labute approximate surface area is 127 Å². The highest BCUT2D eigenvalue weighted by Gasteiger charge is 2.16. The van der Waals surface area contributed by atoms with Crippen molar-refractivity contribution in [2.75, 3.05) is 0 Å². The summed E-state index contributed by atoms with van der Waals surface area (Å²) in [6.45, 7) is 1.62. The molecule has 2 N–H and O–H groups in total. The minimum Gasteiger partial charge on any atom is -0.503 e. The first-order valence-corrected chi connectivity index (χ1v) is 6.47. The van der Waals surface area contributed by atoms with Gasteiger partial charge in [-0.25, -0.2) is 4.79 Å². The number of nitriles is 1. The zero-order chi connectivity index (χ0) is 16.1. The van der Waals surface area contributed by atoms with Crippen LogP contribution in [0.1, 0.15) is 18.1 Å². The Morgan fingerprint density at radius 1 is 1.18 bits per heavy atom.